The molecule has 0 fully saturated rings. The van der Waals surface area contributed by atoms with E-state index in [4.69, 9.17) is 0 Å². The minimum absolute atomic E-state index is 1.26. The highest BCUT2D eigenvalue weighted by molar-refractivity contribution is 6.19. The Morgan fingerprint density at radius 2 is 0.941 bits per heavy atom. The predicted octanol–water partition coefficient (Wildman–Crippen LogP) is 9.63. The van der Waals surface area contributed by atoms with Crippen LogP contribution in [0.1, 0.15) is 0 Å². The molecular formula is C34H22. The third kappa shape index (κ3) is 2.93. The van der Waals surface area contributed by atoms with Gasteiger partial charge in [-0.15, -0.1) is 0 Å². The first-order valence-corrected chi connectivity index (χ1v) is 11.8. The summed E-state index contributed by atoms with van der Waals surface area (Å²) < 4.78 is 0. The Bertz CT molecular complexity index is 1850. The first-order valence-electron chi connectivity index (χ1n) is 11.8. The van der Waals surface area contributed by atoms with Crippen molar-refractivity contribution in [1.82, 2.24) is 0 Å². The van der Waals surface area contributed by atoms with Gasteiger partial charge in [-0.2, -0.15) is 0 Å². The van der Waals surface area contributed by atoms with Crippen LogP contribution in [0.2, 0.25) is 0 Å². The van der Waals surface area contributed by atoms with E-state index in [1.54, 1.807) is 0 Å². The molecule has 7 rings (SSSR count). The van der Waals surface area contributed by atoms with Gasteiger partial charge in [-0.25, -0.2) is 0 Å². The number of hydrogen-bond acceptors (Lipinski definition) is 0. The average Bonchev–Trinajstić information content (AvgIpc) is 2.91. The third-order valence-electron chi connectivity index (χ3n) is 7.01. The van der Waals surface area contributed by atoms with Gasteiger partial charge in [-0.05, 0) is 77.5 Å². The zero-order valence-electron chi connectivity index (χ0n) is 18.7. The normalized spacial score (nSPS) is 11.5. The van der Waals surface area contributed by atoms with Crippen molar-refractivity contribution in [2.75, 3.05) is 0 Å². The minimum Gasteiger partial charge on any atom is -0.0616 e. The molecule has 0 atom stereocenters. The summed E-state index contributed by atoms with van der Waals surface area (Å²) in [6.07, 6.45) is 0. The Kier molecular flexibility index (Phi) is 4.25. The van der Waals surface area contributed by atoms with Crippen LogP contribution >= 0.6 is 0 Å². The van der Waals surface area contributed by atoms with E-state index in [0.717, 1.165) is 0 Å². The van der Waals surface area contributed by atoms with Gasteiger partial charge in [0.05, 0.1) is 0 Å². The molecule has 0 amide bonds. The molecule has 0 heterocycles. The summed E-state index contributed by atoms with van der Waals surface area (Å²) >= 11 is 0. The third-order valence-corrected chi connectivity index (χ3v) is 7.01. The molecule has 0 aliphatic rings. The molecule has 0 spiro atoms. The maximum atomic E-state index is 2.34. The Morgan fingerprint density at radius 3 is 1.79 bits per heavy atom. The number of fused-ring (bicyclic) bond motifs is 4. The second-order valence-corrected chi connectivity index (χ2v) is 8.97. The zero-order chi connectivity index (χ0) is 22.5. The zero-order valence-corrected chi connectivity index (χ0v) is 18.7. The maximum absolute atomic E-state index is 2.34. The van der Waals surface area contributed by atoms with E-state index in [-0.39, 0.29) is 0 Å². The molecular weight excluding hydrogens is 408 g/mol. The highest BCUT2D eigenvalue weighted by atomic mass is 14.2. The van der Waals surface area contributed by atoms with E-state index in [9.17, 15) is 0 Å². The van der Waals surface area contributed by atoms with Gasteiger partial charge in [0.2, 0.25) is 0 Å². The molecule has 0 radical (unpaired) electrons. The lowest BCUT2D eigenvalue weighted by atomic mass is 9.86. The fourth-order valence-corrected chi connectivity index (χ4v) is 5.45. The van der Waals surface area contributed by atoms with Crippen molar-refractivity contribution in [1.29, 1.82) is 0 Å². The van der Waals surface area contributed by atoms with Crippen molar-refractivity contribution < 1.29 is 0 Å². The van der Waals surface area contributed by atoms with Crippen LogP contribution in [0.15, 0.2) is 133 Å². The van der Waals surface area contributed by atoms with Crippen molar-refractivity contribution in [2.45, 2.75) is 0 Å². The van der Waals surface area contributed by atoms with Gasteiger partial charge < -0.3 is 0 Å². The first-order chi connectivity index (χ1) is 16.9. The van der Waals surface area contributed by atoms with Gasteiger partial charge in [0, 0.05) is 0 Å². The standard InChI is InChI=1S/C34H22/c1-2-11-25-21-28(20-19-23(25)9-1)33-30-16-6-4-12-26(30)22-27-14-8-18-32(34(27)33)31-17-7-13-24-10-3-5-15-29(24)31/h1-22H. The van der Waals surface area contributed by atoms with E-state index < -0.39 is 0 Å². The molecule has 0 N–H and O–H groups in total. The van der Waals surface area contributed by atoms with Crippen molar-refractivity contribution in [3.63, 3.8) is 0 Å². The van der Waals surface area contributed by atoms with Crippen molar-refractivity contribution in [2.24, 2.45) is 0 Å². The fourth-order valence-electron chi connectivity index (χ4n) is 5.45. The van der Waals surface area contributed by atoms with E-state index in [2.05, 4.69) is 133 Å². The molecule has 0 aliphatic heterocycles. The molecule has 7 aromatic carbocycles. The Labute approximate surface area is 198 Å². The lowest BCUT2D eigenvalue weighted by molar-refractivity contribution is 1.67. The smallest absolute Gasteiger partial charge is 0.00201 e. The summed E-state index contributed by atoms with van der Waals surface area (Å²) in [4.78, 5) is 0. The van der Waals surface area contributed by atoms with Crippen LogP contribution in [0, 0.1) is 0 Å². The van der Waals surface area contributed by atoms with Gasteiger partial charge in [-0.1, -0.05) is 121 Å². The van der Waals surface area contributed by atoms with Crippen molar-refractivity contribution >= 4 is 43.1 Å². The van der Waals surface area contributed by atoms with Crippen LogP contribution in [-0.2, 0) is 0 Å². The summed E-state index contributed by atoms with van der Waals surface area (Å²) in [6, 6.07) is 48.6. The molecule has 0 saturated heterocycles. The summed E-state index contributed by atoms with van der Waals surface area (Å²) in [6.45, 7) is 0. The summed E-state index contributed by atoms with van der Waals surface area (Å²) in [5, 5.41) is 10.2. The highest BCUT2D eigenvalue weighted by Crippen LogP contribution is 2.43. The highest BCUT2D eigenvalue weighted by Gasteiger charge is 2.16. The molecule has 0 aromatic heterocycles. The second kappa shape index (κ2) is 7.57. The van der Waals surface area contributed by atoms with E-state index >= 15 is 0 Å². The molecule has 7 aromatic rings. The molecule has 0 heteroatoms. The Balaban J connectivity index is 1.66. The minimum atomic E-state index is 1.26. The summed E-state index contributed by atoms with van der Waals surface area (Å²) in [7, 11) is 0. The number of hydrogen-bond donors (Lipinski definition) is 0. The number of benzene rings is 7. The topological polar surface area (TPSA) is 0 Å². The van der Waals surface area contributed by atoms with Crippen LogP contribution in [0.25, 0.3) is 65.3 Å². The van der Waals surface area contributed by atoms with Gasteiger partial charge in [0.25, 0.3) is 0 Å². The van der Waals surface area contributed by atoms with E-state index in [0.29, 0.717) is 0 Å². The largest absolute Gasteiger partial charge is 0.0616 e. The predicted molar refractivity (Wildman–Crippen MR) is 147 cm³/mol. The number of rotatable bonds is 2. The van der Waals surface area contributed by atoms with Crippen LogP contribution in [0.5, 0.6) is 0 Å². The van der Waals surface area contributed by atoms with Crippen LogP contribution in [-0.4, -0.2) is 0 Å². The van der Waals surface area contributed by atoms with Crippen molar-refractivity contribution in [3.8, 4) is 22.3 Å². The van der Waals surface area contributed by atoms with Crippen LogP contribution in [0.3, 0.4) is 0 Å². The van der Waals surface area contributed by atoms with E-state index in [1.807, 2.05) is 0 Å². The molecule has 0 nitrogen and oxygen atoms in total. The lowest BCUT2D eigenvalue weighted by Gasteiger charge is -2.17. The average molecular weight is 431 g/mol. The molecule has 0 aliphatic carbocycles. The molecule has 0 unspecified atom stereocenters. The first kappa shape index (κ1) is 19.1. The van der Waals surface area contributed by atoms with Gasteiger partial charge >= 0.3 is 0 Å². The summed E-state index contributed by atoms with van der Waals surface area (Å²) in [5.74, 6) is 0. The van der Waals surface area contributed by atoms with Crippen molar-refractivity contribution in [3.05, 3.63) is 133 Å². The molecule has 0 bridgehead atoms. The van der Waals surface area contributed by atoms with Gasteiger partial charge in [0.1, 0.15) is 0 Å². The molecule has 0 saturated carbocycles. The van der Waals surface area contributed by atoms with Crippen LogP contribution < -0.4 is 0 Å². The monoisotopic (exact) mass is 430 g/mol. The van der Waals surface area contributed by atoms with E-state index in [1.165, 1.54) is 65.3 Å². The SMILES string of the molecule is c1ccc2cc(-c3c4ccccc4cc4cccc(-c5cccc6ccccc56)c34)ccc2c1. The lowest BCUT2D eigenvalue weighted by Crippen LogP contribution is -1.90. The van der Waals surface area contributed by atoms with Gasteiger partial charge in [0.15, 0.2) is 0 Å². The molecule has 34 heavy (non-hydrogen) atoms. The second-order valence-electron chi connectivity index (χ2n) is 8.97. The maximum Gasteiger partial charge on any atom is -0.00201 e. The molecule has 158 valence electrons. The summed E-state index contributed by atoms with van der Waals surface area (Å²) in [5.41, 5.74) is 5.12. The van der Waals surface area contributed by atoms with Gasteiger partial charge in [-0.3, -0.25) is 0 Å². The Morgan fingerprint density at radius 1 is 0.324 bits per heavy atom. The fraction of sp³-hybridized carbons (Fsp3) is 0. The van der Waals surface area contributed by atoms with Crippen LogP contribution in [0.4, 0.5) is 0 Å². The quantitative estimate of drug-likeness (QED) is 0.239. The Hall–Kier alpha value is -4.42.